The van der Waals surface area contributed by atoms with Crippen molar-refractivity contribution in [2.75, 3.05) is 0 Å². The van der Waals surface area contributed by atoms with Gasteiger partial charge in [-0.3, -0.25) is 14.4 Å². The van der Waals surface area contributed by atoms with Crippen molar-refractivity contribution in [1.82, 2.24) is 14.7 Å². The largest absolute Gasteiger partial charge is 0.290 e. The van der Waals surface area contributed by atoms with Crippen LogP contribution in [0.4, 0.5) is 0 Å². The van der Waals surface area contributed by atoms with Crippen LogP contribution in [0.2, 0.25) is 0 Å². The highest BCUT2D eigenvalue weighted by atomic mass is 32.2. The van der Waals surface area contributed by atoms with Crippen LogP contribution in [0.1, 0.15) is 26.5 Å². The third kappa shape index (κ3) is 2.35. The number of hydrogen-bond donors (Lipinski definition) is 0. The monoisotopic (exact) mass is 281 g/mol. The summed E-state index contributed by atoms with van der Waals surface area (Å²) in [5.74, 6) is -0.0103. The van der Waals surface area contributed by atoms with Crippen molar-refractivity contribution in [2.24, 2.45) is 0 Å². The molecule has 2 rings (SSSR count). The van der Waals surface area contributed by atoms with E-state index in [-0.39, 0.29) is 11.9 Å². The second-order valence-electron chi connectivity index (χ2n) is 4.22. The maximum atomic E-state index is 12.2. The summed E-state index contributed by atoms with van der Waals surface area (Å²) in [6.45, 7) is 6.72. The van der Waals surface area contributed by atoms with Crippen molar-refractivity contribution < 1.29 is 4.79 Å². The number of aryl methyl sites for hydroxylation is 1. The number of amides is 1. The lowest BCUT2D eigenvalue weighted by Gasteiger charge is -2.18. The van der Waals surface area contributed by atoms with E-state index >= 15 is 0 Å². The molecule has 96 valence electrons. The van der Waals surface area contributed by atoms with E-state index in [2.05, 4.69) is 5.10 Å². The number of rotatable bonds is 3. The van der Waals surface area contributed by atoms with E-state index < -0.39 is 0 Å². The summed E-state index contributed by atoms with van der Waals surface area (Å²) < 4.78 is 2.48. The molecule has 0 saturated carbocycles. The van der Waals surface area contributed by atoms with Gasteiger partial charge < -0.3 is 0 Å². The molecule has 0 unspecified atom stereocenters. The van der Waals surface area contributed by atoms with Crippen molar-refractivity contribution in [3.05, 3.63) is 22.9 Å². The van der Waals surface area contributed by atoms with Crippen molar-refractivity contribution in [1.29, 1.82) is 0 Å². The maximum absolute atomic E-state index is 12.2. The number of hydrogen-bond acceptors (Lipinski definition) is 4. The smallest absolute Gasteiger partial charge is 0.266 e. The van der Waals surface area contributed by atoms with Crippen LogP contribution in [0.15, 0.2) is 17.2 Å². The SMILES string of the molecule is CCn1nccc1/C=C1/SC(=S)N(C(C)C)C1=O. The molecule has 0 radical (unpaired) electrons. The van der Waals surface area contributed by atoms with Gasteiger partial charge in [-0.05, 0) is 32.9 Å². The molecule has 4 nitrogen and oxygen atoms in total. The molecule has 2 heterocycles. The minimum absolute atomic E-state index is 0.0103. The summed E-state index contributed by atoms with van der Waals surface area (Å²) in [5, 5.41) is 4.18. The summed E-state index contributed by atoms with van der Waals surface area (Å²) in [5.41, 5.74) is 0.932. The third-order valence-corrected chi connectivity index (χ3v) is 4.00. The molecular formula is C12H15N3OS2. The fourth-order valence-electron chi connectivity index (χ4n) is 1.79. The first-order chi connectivity index (χ1) is 8.54. The molecule has 0 spiro atoms. The zero-order chi connectivity index (χ0) is 13.3. The summed E-state index contributed by atoms with van der Waals surface area (Å²) in [4.78, 5) is 14.5. The van der Waals surface area contributed by atoms with Gasteiger partial charge in [-0.25, -0.2) is 0 Å². The van der Waals surface area contributed by atoms with Gasteiger partial charge in [0.05, 0.1) is 10.6 Å². The highest BCUT2D eigenvalue weighted by Gasteiger charge is 2.33. The van der Waals surface area contributed by atoms with E-state index in [9.17, 15) is 4.79 Å². The lowest BCUT2D eigenvalue weighted by molar-refractivity contribution is -0.123. The molecule has 1 aliphatic rings. The molecule has 18 heavy (non-hydrogen) atoms. The van der Waals surface area contributed by atoms with Gasteiger partial charge in [-0.15, -0.1) is 0 Å². The molecule has 0 aromatic carbocycles. The Kier molecular flexibility index (Phi) is 3.87. The molecule has 1 saturated heterocycles. The summed E-state index contributed by atoms with van der Waals surface area (Å²) in [6, 6.07) is 1.99. The lowest BCUT2D eigenvalue weighted by atomic mass is 10.3. The standard InChI is InChI=1S/C12H15N3OS2/c1-4-14-9(5-6-13-14)7-10-11(16)15(8(2)3)12(17)18-10/h5-8H,4H2,1-3H3/b10-7+. The van der Waals surface area contributed by atoms with Crippen LogP contribution < -0.4 is 0 Å². The first-order valence-electron chi connectivity index (χ1n) is 5.83. The number of thioether (sulfide) groups is 1. The molecule has 0 N–H and O–H groups in total. The molecule has 0 aliphatic carbocycles. The van der Waals surface area contributed by atoms with Crippen LogP contribution in [-0.4, -0.2) is 30.9 Å². The number of aromatic nitrogens is 2. The Hall–Kier alpha value is -1.14. The Morgan fingerprint density at radius 3 is 2.83 bits per heavy atom. The minimum atomic E-state index is -0.0103. The Morgan fingerprint density at radius 2 is 2.28 bits per heavy atom. The Bertz CT molecular complexity index is 519. The Morgan fingerprint density at radius 1 is 1.56 bits per heavy atom. The van der Waals surface area contributed by atoms with Gasteiger partial charge in [0.2, 0.25) is 0 Å². The van der Waals surface area contributed by atoms with Crippen molar-refractivity contribution in [2.45, 2.75) is 33.4 Å². The Labute approximate surface area is 116 Å². The van der Waals surface area contributed by atoms with E-state index in [1.807, 2.05) is 37.6 Å². The molecule has 0 bridgehead atoms. The number of carbonyl (C=O) groups excluding carboxylic acids is 1. The summed E-state index contributed by atoms with van der Waals surface area (Å²) in [6.07, 6.45) is 3.59. The first kappa shape index (κ1) is 13.3. The maximum Gasteiger partial charge on any atom is 0.266 e. The molecular weight excluding hydrogens is 266 g/mol. The molecule has 0 atom stereocenters. The van der Waals surface area contributed by atoms with Gasteiger partial charge in [0.15, 0.2) is 0 Å². The lowest BCUT2D eigenvalue weighted by Crippen LogP contribution is -2.34. The van der Waals surface area contributed by atoms with Gasteiger partial charge in [0.1, 0.15) is 4.32 Å². The quantitative estimate of drug-likeness (QED) is 0.630. The number of thiocarbonyl (C=S) groups is 1. The number of nitrogens with zero attached hydrogens (tertiary/aromatic N) is 3. The van der Waals surface area contributed by atoms with E-state index in [0.717, 1.165) is 12.2 Å². The fraction of sp³-hybridized carbons (Fsp3) is 0.417. The molecule has 1 aromatic heterocycles. The summed E-state index contributed by atoms with van der Waals surface area (Å²) >= 11 is 6.59. The van der Waals surface area contributed by atoms with E-state index in [1.165, 1.54) is 11.8 Å². The average Bonchev–Trinajstić information content (AvgIpc) is 2.84. The van der Waals surface area contributed by atoms with E-state index in [1.54, 1.807) is 11.1 Å². The van der Waals surface area contributed by atoms with Crippen LogP contribution in [0.5, 0.6) is 0 Å². The molecule has 1 aliphatic heterocycles. The zero-order valence-corrected chi connectivity index (χ0v) is 12.2. The van der Waals surface area contributed by atoms with Crippen LogP contribution in [0.3, 0.4) is 0 Å². The van der Waals surface area contributed by atoms with E-state index in [0.29, 0.717) is 9.23 Å². The highest BCUT2D eigenvalue weighted by molar-refractivity contribution is 8.26. The number of carbonyl (C=O) groups is 1. The van der Waals surface area contributed by atoms with Gasteiger partial charge >= 0.3 is 0 Å². The zero-order valence-electron chi connectivity index (χ0n) is 10.6. The van der Waals surface area contributed by atoms with Gasteiger partial charge in [0.25, 0.3) is 5.91 Å². The topological polar surface area (TPSA) is 38.1 Å². The second kappa shape index (κ2) is 5.24. The molecule has 1 amide bonds. The average molecular weight is 281 g/mol. The minimum Gasteiger partial charge on any atom is -0.290 e. The van der Waals surface area contributed by atoms with Crippen LogP contribution in [-0.2, 0) is 11.3 Å². The predicted molar refractivity (Wildman–Crippen MR) is 78.0 cm³/mol. The summed E-state index contributed by atoms with van der Waals surface area (Å²) in [7, 11) is 0. The normalized spacial score (nSPS) is 18.4. The Balaban J connectivity index is 2.31. The predicted octanol–water partition coefficient (Wildman–Crippen LogP) is 2.51. The molecule has 1 aromatic rings. The van der Waals surface area contributed by atoms with Crippen molar-refractivity contribution in [3.63, 3.8) is 0 Å². The fourth-order valence-corrected chi connectivity index (χ4v) is 3.30. The van der Waals surface area contributed by atoms with Crippen molar-refractivity contribution in [3.8, 4) is 0 Å². The van der Waals surface area contributed by atoms with Gasteiger partial charge in [-0.1, -0.05) is 24.0 Å². The first-order valence-corrected chi connectivity index (χ1v) is 7.06. The van der Waals surface area contributed by atoms with Crippen molar-refractivity contribution >= 4 is 40.3 Å². The van der Waals surface area contributed by atoms with Crippen LogP contribution in [0, 0.1) is 0 Å². The molecule has 6 heteroatoms. The molecule has 1 fully saturated rings. The third-order valence-electron chi connectivity index (χ3n) is 2.67. The van der Waals surface area contributed by atoms with Crippen LogP contribution in [0.25, 0.3) is 6.08 Å². The van der Waals surface area contributed by atoms with Crippen LogP contribution >= 0.6 is 24.0 Å². The van der Waals surface area contributed by atoms with Gasteiger partial charge in [-0.2, -0.15) is 5.10 Å². The second-order valence-corrected chi connectivity index (χ2v) is 5.89. The van der Waals surface area contributed by atoms with Gasteiger partial charge in [0, 0.05) is 18.8 Å². The highest BCUT2D eigenvalue weighted by Crippen LogP contribution is 2.33. The van der Waals surface area contributed by atoms with E-state index in [4.69, 9.17) is 12.2 Å².